The highest BCUT2D eigenvalue weighted by Gasteiger charge is 2.39. The van der Waals surface area contributed by atoms with Crippen molar-refractivity contribution in [2.75, 3.05) is 11.4 Å². The topological polar surface area (TPSA) is 20.3 Å². The van der Waals surface area contributed by atoms with Crippen molar-refractivity contribution in [1.29, 1.82) is 0 Å². The third kappa shape index (κ3) is 1.86. The van der Waals surface area contributed by atoms with E-state index in [9.17, 15) is 18.0 Å². The molecule has 0 radical (unpaired) electrons. The van der Waals surface area contributed by atoms with Crippen LogP contribution in [0, 0.1) is 0 Å². The third-order valence-corrected chi connectivity index (χ3v) is 5.12. The van der Waals surface area contributed by atoms with Crippen LogP contribution in [0.25, 0.3) is 0 Å². The van der Waals surface area contributed by atoms with Gasteiger partial charge in [0.05, 0.1) is 16.9 Å². The van der Waals surface area contributed by atoms with E-state index < -0.39 is 11.7 Å². The zero-order valence-corrected chi connectivity index (χ0v) is 12.1. The molecule has 112 valence electrons. The molecule has 0 aromatic heterocycles. The van der Waals surface area contributed by atoms with Gasteiger partial charge in [-0.2, -0.15) is 13.2 Å². The van der Waals surface area contributed by atoms with Gasteiger partial charge in [-0.1, -0.05) is 23.9 Å². The normalized spacial score (nSPS) is 16.3. The highest BCUT2D eigenvalue weighted by atomic mass is 32.2. The van der Waals surface area contributed by atoms with Crippen molar-refractivity contribution < 1.29 is 18.0 Å². The van der Waals surface area contributed by atoms with Crippen molar-refractivity contribution in [2.45, 2.75) is 22.4 Å². The van der Waals surface area contributed by atoms with Gasteiger partial charge in [0.2, 0.25) is 0 Å². The largest absolute Gasteiger partial charge is 0.417 e. The average Bonchev–Trinajstić information content (AvgIpc) is 2.48. The number of hydrogen-bond donors (Lipinski definition) is 0. The van der Waals surface area contributed by atoms with Crippen LogP contribution in [0.4, 0.5) is 24.5 Å². The number of ketones is 1. The van der Waals surface area contributed by atoms with E-state index in [0.717, 1.165) is 23.5 Å². The first-order valence-electron chi connectivity index (χ1n) is 6.78. The summed E-state index contributed by atoms with van der Waals surface area (Å²) in [5.74, 6) is 0.0455. The molecule has 0 aliphatic carbocycles. The molecule has 0 saturated carbocycles. The fourth-order valence-electron chi connectivity index (χ4n) is 2.99. The predicted molar refractivity (Wildman–Crippen MR) is 78.0 cm³/mol. The molecule has 0 saturated heterocycles. The molecule has 22 heavy (non-hydrogen) atoms. The molecule has 0 unspecified atom stereocenters. The molecule has 0 N–H and O–H groups in total. The van der Waals surface area contributed by atoms with E-state index in [0.29, 0.717) is 29.1 Å². The molecule has 6 heteroatoms. The first kappa shape index (κ1) is 13.7. The molecule has 0 spiro atoms. The van der Waals surface area contributed by atoms with E-state index in [1.807, 2.05) is 4.90 Å². The lowest BCUT2D eigenvalue weighted by molar-refractivity contribution is -0.139. The number of carbonyl (C=O) groups excluding carboxylic acids is 1. The Balaban J connectivity index is 1.97. The van der Waals surface area contributed by atoms with Crippen LogP contribution in [0.15, 0.2) is 46.2 Å². The fraction of sp³-hybridized carbons (Fsp3) is 0.188. The number of rotatable bonds is 0. The van der Waals surface area contributed by atoms with E-state index >= 15 is 0 Å². The molecule has 2 heterocycles. The maximum atomic E-state index is 13.3. The maximum Gasteiger partial charge on any atom is 0.417 e. The number of halogens is 3. The molecule has 0 bridgehead atoms. The Morgan fingerprint density at radius 1 is 1.09 bits per heavy atom. The van der Waals surface area contributed by atoms with Gasteiger partial charge in [-0.3, -0.25) is 4.79 Å². The van der Waals surface area contributed by atoms with Crippen LogP contribution >= 0.6 is 11.8 Å². The minimum absolute atomic E-state index is 0.0455. The maximum absolute atomic E-state index is 13.3. The number of Topliss-reactive ketones (excluding diaryl/α,β-unsaturated/α-hetero) is 1. The van der Waals surface area contributed by atoms with Gasteiger partial charge < -0.3 is 4.90 Å². The summed E-state index contributed by atoms with van der Waals surface area (Å²) in [7, 11) is 0. The van der Waals surface area contributed by atoms with Crippen LogP contribution in [0.5, 0.6) is 0 Å². The lowest BCUT2D eigenvalue weighted by atomic mass is 9.99. The second-order valence-corrected chi connectivity index (χ2v) is 6.28. The van der Waals surface area contributed by atoms with E-state index in [1.54, 1.807) is 24.3 Å². The predicted octanol–water partition coefficient (Wildman–Crippen LogP) is 4.89. The van der Waals surface area contributed by atoms with Crippen LogP contribution < -0.4 is 4.90 Å². The monoisotopic (exact) mass is 321 g/mol. The minimum Gasteiger partial charge on any atom is -0.339 e. The molecule has 2 aliphatic rings. The average molecular weight is 321 g/mol. The van der Waals surface area contributed by atoms with Crippen molar-refractivity contribution in [3.8, 4) is 0 Å². The van der Waals surface area contributed by atoms with Crippen LogP contribution in [-0.2, 0) is 6.18 Å². The Labute approximate surface area is 128 Å². The Morgan fingerprint density at radius 3 is 2.64 bits per heavy atom. The molecular weight excluding hydrogens is 311 g/mol. The van der Waals surface area contributed by atoms with Gasteiger partial charge in [0, 0.05) is 28.3 Å². The summed E-state index contributed by atoms with van der Waals surface area (Å²) >= 11 is 1.09. The van der Waals surface area contributed by atoms with E-state index in [-0.39, 0.29) is 10.7 Å². The first-order chi connectivity index (χ1) is 10.5. The number of nitrogens with zero attached hydrogens (tertiary/aromatic N) is 1. The van der Waals surface area contributed by atoms with Crippen molar-refractivity contribution in [3.05, 3.63) is 47.5 Å². The number of anilines is 2. The molecule has 2 aromatic carbocycles. The van der Waals surface area contributed by atoms with Gasteiger partial charge in [0.25, 0.3) is 0 Å². The fourth-order valence-corrected chi connectivity index (χ4v) is 4.25. The summed E-state index contributed by atoms with van der Waals surface area (Å²) in [4.78, 5) is 14.8. The molecule has 4 rings (SSSR count). The van der Waals surface area contributed by atoms with Crippen molar-refractivity contribution in [3.63, 3.8) is 0 Å². The van der Waals surface area contributed by atoms with Gasteiger partial charge in [-0.25, -0.2) is 0 Å². The minimum atomic E-state index is -4.39. The lowest BCUT2D eigenvalue weighted by Crippen LogP contribution is -2.31. The first-order valence-corrected chi connectivity index (χ1v) is 7.60. The standard InChI is InChI=1S/C16H10F3NOS/c17-16(18,19)10-4-2-5-11-15(10)22-13-6-1-3-9-12(21)7-8-20(11)14(9)13/h1-6H,7-8H2. The number of alkyl halides is 3. The Hall–Kier alpha value is -1.95. The number of hydrogen-bond acceptors (Lipinski definition) is 3. The van der Waals surface area contributed by atoms with E-state index in [1.165, 1.54) is 6.07 Å². The molecule has 2 aromatic rings. The Morgan fingerprint density at radius 2 is 1.86 bits per heavy atom. The molecule has 0 fully saturated rings. The Kier molecular flexibility index (Phi) is 2.81. The second kappa shape index (κ2) is 4.52. The smallest absolute Gasteiger partial charge is 0.339 e. The zero-order valence-electron chi connectivity index (χ0n) is 11.3. The highest BCUT2D eigenvalue weighted by molar-refractivity contribution is 7.99. The van der Waals surface area contributed by atoms with Gasteiger partial charge in [-0.15, -0.1) is 0 Å². The van der Waals surface area contributed by atoms with Crippen LogP contribution in [0.3, 0.4) is 0 Å². The third-order valence-electron chi connectivity index (χ3n) is 3.93. The number of carbonyl (C=O) groups is 1. The summed E-state index contributed by atoms with van der Waals surface area (Å²) in [6.45, 7) is 0.414. The van der Waals surface area contributed by atoms with Crippen LogP contribution in [-0.4, -0.2) is 12.3 Å². The molecule has 0 amide bonds. The highest BCUT2D eigenvalue weighted by Crippen LogP contribution is 2.54. The second-order valence-electron chi connectivity index (χ2n) is 5.23. The summed E-state index contributed by atoms with van der Waals surface area (Å²) in [5.41, 5.74) is 1.25. The summed E-state index contributed by atoms with van der Waals surface area (Å²) in [6.07, 6.45) is -4.07. The summed E-state index contributed by atoms with van der Waals surface area (Å²) < 4.78 is 39.8. The van der Waals surface area contributed by atoms with Gasteiger partial charge in [0.1, 0.15) is 0 Å². The molecular formula is C16H10F3NOS. The van der Waals surface area contributed by atoms with Gasteiger partial charge in [0.15, 0.2) is 5.78 Å². The lowest BCUT2D eigenvalue weighted by Gasteiger charge is -2.37. The number of fused-ring (bicyclic) bond motifs is 2. The quantitative estimate of drug-likeness (QED) is 0.689. The Bertz CT molecular complexity index is 800. The van der Waals surface area contributed by atoms with Gasteiger partial charge >= 0.3 is 6.18 Å². The van der Waals surface area contributed by atoms with E-state index in [2.05, 4.69) is 0 Å². The zero-order chi connectivity index (χ0) is 15.5. The molecule has 2 aliphatic heterocycles. The number of benzene rings is 2. The van der Waals surface area contributed by atoms with Crippen LogP contribution in [0.2, 0.25) is 0 Å². The van der Waals surface area contributed by atoms with Crippen LogP contribution in [0.1, 0.15) is 22.3 Å². The number of para-hydroxylation sites is 1. The SMILES string of the molecule is O=C1CCN2c3cccc(C(F)(F)F)c3Sc3cccc1c32. The van der Waals surface area contributed by atoms with Crippen molar-refractivity contribution in [1.82, 2.24) is 0 Å². The van der Waals surface area contributed by atoms with Crippen molar-refractivity contribution in [2.24, 2.45) is 0 Å². The summed E-state index contributed by atoms with van der Waals surface area (Å²) in [6, 6.07) is 9.45. The van der Waals surface area contributed by atoms with Crippen molar-refractivity contribution >= 4 is 28.9 Å². The molecule has 2 nitrogen and oxygen atoms in total. The van der Waals surface area contributed by atoms with E-state index in [4.69, 9.17) is 0 Å². The van der Waals surface area contributed by atoms with Gasteiger partial charge in [-0.05, 0) is 24.3 Å². The molecule has 0 atom stereocenters. The summed E-state index contributed by atoms with van der Waals surface area (Å²) in [5, 5.41) is 0.